The molecule has 2 aromatic rings. The number of rotatable bonds is 4. The lowest BCUT2D eigenvalue weighted by atomic mass is 9.67. The molecule has 1 fully saturated rings. The molecule has 1 saturated carbocycles. The van der Waals surface area contributed by atoms with Crippen LogP contribution in [0.1, 0.15) is 25.2 Å². The first-order valence-electron chi connectivity index (χ1n) is 6.60. The van der Waals surface area contributed by atoms with Crippen molar-refractivity contribution in [2.45, 2.75) is 25.7 Å². The zero-order chi connectivity index (χ0) is 14.2. The van der Waals surface area contributed by atoms with E-state index in [0.717, 1.165) is 24.8 Å². The van der Waals surface area contributed by atoms with Gasteiger partial charge in [0.2, 0.25) is 11.7 Å². The van der Waals surface area contributed by atoms with Crippen molar-refractivity contribution in [3.63, 3.8) is 0 Å². The van der Waals surface area contributed by atoms with Gasteiger partial charge in [0.25, 0.3) is 0 Å². The molecule has 0 spiro atoms. The molecule has 0 atom stereocenters. The number of hydrogen-bond donors (Lipinski definition) is 1. The van der Waals surface area contributed by atoms with Gasteiger partial charge in [0.15, 0.2) is 0 Å². The number of nitrogens with two attached hydrogens (primary N) is 1. The van der Waals surface area contributed by atoms with Crippen molar-refractivity contribution in [2.24, 2.45) is 11.1 Å². The van der Waals surface area contributed by atoms with Crippen LogP contribution < -0.4 is 5.73 Å². The fraction of sp³-hybridized carbons (Fsp3) is 0.429. The molecule has 3 rings (SSSR count). The molecule has 0 bridgehead atoms. The van der Waals surface area contributed by atoms with Gasteiger partial charge in [-0.15, -0.1) is 0 Å². The molecule has 0 radical (unpaired) electrons. The van der Waals surface area contributed by atoms with Crippen LogP contribution in [0.5, 0.6) is 0 Å². The molecule has 4 nitrogen and oxygen atoms in total. The van der Waals surface area contributed by atoms with Gasteiger partial charge in [-0.3, -0.25) is 0 Å². The van der Waals surface area contributed by atoms with Crippen LogP contribution in [-0.2, 0) is 6.42 Å². The Morgan fingerprint density at radius 3 is 2.80 bits per heavy atom. The van der Waals surface area contributed by atoms with Gasteiger partial charge in [0.1, 0.15) is 5.82 Å². The van der Waals surface area contributed by atoms with E-state index >= 15 is 0 Å². The zero-order valence-corrected chi connectivity index (χ0v) is 12.5. The fourth-order valence-corrected chi connectivity index (χ4v) is 3.09. The molecule has 1 aliphatic rings. The van der Waals surface area contributed by atoms with Crippen LogP contribution in [0.15, 0.2) is 27.2 Å². The van der Waals surface area contributed by atoms with Gasteiger partial charge < -0.3 is 10.3 Å². The van der Waals surface area contributed by atoms with Crippen LogP contribution in [0, 0.1) is 11.2 Å². The van der Waals surface area contributed by atoms with Crippen molar-refractivity contribution >= 4 is 15.9 Å². The third kappa shape index (κ3) is 2.50. The lowest BCUT2D eigenvalue weighted by molar-refractivity contribution is 0.129. The van der Waals surface area contributed by atoms with Crippen molar-refractivity contribution in [3.8, 4) is 11.4 Å². The summed E-state index contributed by atoms with van der Waals surface area (Å²) in [6.07, 6.45) is 4.15. The molecule has 0 saturated heterocycles. The van der Waals surface area contributed by atoms with Gasteiger partial charge in [0, 0.05) is 16.5 Å². The largest absolute Gasteiger partial charge is 0.339 e. The Bertz CT molecular complexity index is 619. The van der Waals surface area contributed by atoms with Gasteiger partial charge in [-0.1, -0.05) is 11.6 Å². The van der Waals surface area contributed by atoms with Gasteiger partial charge in [-0.2, -0.15) is 4.98 Å². The molecule has 0 aliphatic heterocycles. The van der Waals surface area contributed by atoms with E-state index in [-0.39, 0.29) is 11.2 Å². The molecule has 0 amide bonds. The average Bonchev–Trinajstić information content (AvgIpc) is 2.82. The van der Waals surface area contributed by atoms with E-state index in [1.54, 1.807) is 6.07 Å². The number of benzene rings is 1. The first-order valence-corrected chi connectivity index (χ1v) is 7.39. The second-order valence-corrected chi connectivity index (χ2v) is 6.22. The Morgan fingerprint density at radius 2 is 2.20 bits per heavy atom. The Morgan fingerprint density at radius 1 is 1.40 bits per heavy atom. The number of halogens is 2. The molecular weight excluding hydrogens is 325 g/mol. The van der Waals surface area contributed by atoms with Gasteiger partial charge in [0.05, 0.1) is 0 Å². The fourth-order valence-electron chi connectivity index (χ4n) is 2.56. The topological polar surface area (TPSA) is 64.9 Å². The third-order valence-electron chi connectivity index (χ3n) is 4.01. The van der Waals surface area contributed by atoms with Gasteiger partial charge >= 0.3 is 0 Å². The highest BCUT2D eigenvalue weighted by atomic mass is 79.9. The minimum absolute atomic E-state index is 0.129. The molecule has 1 heterocycles. The van der Waals surface area contributed by atoms with Crippen molar-refractivity contribution in [1.82, 2.24) is 10.1 Å². The highest BCUT2D eigenvalue weighted by Crippen LogP contribution is 2.42. The molecule has 106 valence electrons. The van der Waals surface area contributed by atoms with Gasteiger partial charge in [-0.05, 0) is 58.9 Å². The number of aromatic nitrogens is 2. The Kier molecular flexibility index (Phi) is 3.60. The molecule has 20 heavy (non-hydrogen) atoms. The SMILES string of the molecule is NCC1(Cc2nc(-c3ccc(F)cc3Br)no2)CCC1. The van der Waals surface area contributed by atoms with Gasteiger partial charge in [-0.25, -0.2) is 4.39 Å². The Balaban J connectivity index is 1.83. The lowest BCUT2D eigenvalue weighted by Gasteiger charge is -2.39. The Labute approximate surface area is 124 Å². The zero-order valence-electron chi connectivity index (χ0n) is 10.9. The minimum Gasteiger partial charge on any atom is -0.339 e. The normalized spacial score (nSPS) is 16.9. The number of nitrogens with zero attached hydrogens (tertiary/aromatic N) is 2. The predicted molar refractivity (Wildman–Crippen MR) is 76.4 cm³/mol. The summed E-state index contributed by atoms with van der Waals surface area (Å²) in [5.74, 6) is 0.764. The lowest BCUT2D eigenvalue weighted by Crippen LogP contribution is -2.39. The van der Waals surface area contributed by atoms with E-state index in [1.165, 1.54) is 18.6 Å². The van der Waals surface area contributed by atoms with Crippen molar-refractivity contribution in [1.29, 1.82) is 0 Å². The number of hydrogen-bond acceptors (Lipinski definition) is 4. The second kappa shape index (κ2) is 5.26. The van der Waals surface area contributed by atoms with Crippen LogP contribution >= 0.6 is 15.9 Å². The molecule has 1 aliphatic carbocycles. The summed E-state index contributed by atoms with van der Waals surface area (Å²) in [6.45, 7) is 0.644. The smallest absolute Gasteiger partial charge is 0.227 e. The quantitative estimate of drug-likeness (QED) is 0.927. The van der Waals surface area contributed by atoms with E-state index in [4.69, 9.17) is 10.3 Å². The molecule has 0 unspecified atom stereocenters. The summed E-state index contributed by atoms with van der Waals surface area (Å²) >= 11 is 3.31. The molecule has 1 aromatic heterocycles. The maximum atomic E-state index is 13.1. The van der Waals surface area contributed by atoms with Crippen molar-refractivity contribution in [3.05, 3.63) is 34.4 Å². The van der Waals surface area contributed by atoms with Crippen LogP contribution in [0.2, 0.25) is 0 Å². The van der Waals surface area contributed by atoms with Crippen LogP contribution in [0.3, 0.4) is 0 Å². The summed E-state index contributed by atoms with van der Waals surface area (Å²) in [5.41, 5.74) is 6.68. The molecule has 2 N–H and O–H groups in total. The van der Waals surface area contributed by atoms with Crippen molar-refractivity contribution in [2.75, 3.05) is 6.54 Å². The highest BCUT2D eigenvalue weighted by molar-refractivity contribution is 9.10. The first kappa shape index (κ1) is 13.7. The van der Waals surface area contributed by atoms with Crippen molar-refractivity contribution < 1.29 is 8.91 Å². The molecule has 1 aromatic carbocycles. The minimum atomic E-state index is -0.305. The monoisotopic (exact) mass is 339 g/mol. The summed E-state index contributed by atoms with van der Waals surface area (Å²) in [6, 6.07) is 4.40. The average molecular weight is 340 g/mol. The van der Waals surface area contributed by atoms with E-state index in [0.29, 0.717) is 22.7 Å². The van der Waals surface area contributed by atoms with E-state index in [9.17, 15) is 4.39 Å². The second-order valence-electron chi connectivity index (χ2n) is 5.37. The van der Waals surface area contributed by atoms with Crippen LogP contribution in [0.4, 0.5) is 4.39 Å². The molecule has 6 heteroatoms. The summed E-state index contributed by atoms with van der Waals surface area (Å²) in [5, 5.41) is 3.97. The molecular formula is C14H15BrFN3O. The van der Waals surface area contributed by atoms with E-state index in [2.05, 4.69) is 26.1 Å². The van der Waals surface area contributed by atoms with E-state index < -0.39 is 0 Å². The van der Waals surface area contributed by atoms with E-state index in [1.807, 2.05) is 0 Å². The van der Waals surface area contributed by atoms with Crippen LogP contribution in [-0.4, -0.2) is 16.7 Å². The Hall–Kier alpha value is -1.27. The third-order valence-corrected chi connectivity index (χ3v) is 4.67. The summed E-state index contributed by atoms with van der Waals surface area (Å²) in [7, 11) is 0. The first-order chi connectivity index (χ1) is 9.62. The maximum Gasteiger partial charge on any atom is 0.227 e. The summed E-state index contributed by atoms with van der Waals surface area (Å²) in [4.78, 5) is 4.40. The maximum absolute atomic E-state index is 13.1. The van der Waals surface area contributed by atoms with Crippen LogP contribution in [0.25, 0.3) is 11.4 Å². The predicted octanol–water partition coefficient (Wildman–Crippen LogP) is 3.31. The highest BCUT2D eigenvalue weighted by Gasteiger charge is 2.37. The standard InChI is InChI=1S/C14H15BrFN3O/c15-11-6-9(16)2-3-10(11)13-18-12(20-19-13)7-14(8-17)4-1-5-14/h2-3,6H,1,4-5,7-8,17H2. The summed E-state index contributed by atoms with van der Waals surface area (Å²) < 4.78 is 19.0.